The van der Waals surface area contributed by atoms with Crippen LogP contribution in [0.3, 0.4) is 0 Å². The molecule has 0 aliphatic carbocycles. The molecule has 0 bridgehead atoms. The maximum Gasteiger partial charge on any atom is 0.117 e. The van der Waals surface area contributed by atoms with Crippen LogP contribution in [-0.4, -0.2) is 24.4 Å². The average Bonchev–Trinajstić information content (AvgIpc) is 2.70. The van der Waals surface area contributed by atoms with Crippen LogP contribution in [0, 0.1) is 0 Å². The summed E-state index contributed by atoms with van der Waals surface area (Å²) >= 11 is 5.62. The predicted octanol–water partition coefficient (Wildman–Crippen LogP) is 3.51. The van der Waals surface area contributed by atoms with Crippen molar-refractivity contribution < 1.29 is 4.42 Å². The van der Waals surface area contributed by atoms with Gasteiger partial charge in [0, 0.05) is 5.88 Å². The third kappa shape index (κ3) is 5.85. The lowest BCUT2D eigenvalue weighted by Gasteiger charge is -2.14. The molecule has 0 radical (unpaired) electrons. The summed E-state index contributed by atoms with van der Waals surface area (Å²) < 4.78 is 5.29. The number of alkyl halides is 1. The van der Waals surface area contributed by atoms with Crippen LogP contribution in [-0.2, 0) is 6.54 Å². The molecule has 0 atom stereocenters. The summed E-state index contributed by atoms with van der Waals surface area (Å²) in [6.45, 7) is 2.03. The molecule has 0 spiro atoms. The highest BCUT2D eigenvalue weighted by molar-refractivity contribution is 6.17. The Balaban J connectivity index is 2.01. The van der Waals surface area contributed by atoms with E-state index in [4.69, 9.17) is 16.0 Å². The first-order valence-electron chi connectivity index (χ1n) is 5.60. The Morgan fingerprint density at radius 2 is 2.07 bits per heavy atom. The number of rotatable bonds is 8. The number of unbranched alkanes of at least 4 members (excludes halogenated alkanes) is 3. The van der Waals surface area contributed by atoms with Crippen molar-refractivity contribution in [2.75, 3.05) is 19.5 Å². The van der Waals surface area contributed by atoms with Crippen LogP contribution in [0.1, 0.15) is 31.4 Å². The van der Waals surface area contributed by atoms with Gasteiger partial charge in [-0.05, 0) is 38.6 Å². The van der Waals surface area contributed by atoms with Gasteiger partial charge in [0.25, 0.3) is 0 Å². The van der Waals surface area contributed by atoms with Crippen LogP contribution in [0.2, 0.25) is 0 Å². The Morgan fingerprint density at radius 1 is 1.27 bits per heavy atom. The second-order valence-corrected chi connectivity index (χ2v) is 4.30. The molecule has 0 aromatic carbocycles. The normalized spacial score (nSPS) is 11.1. The molecule has 0 unspecified atom stereocenters. The molecule has 1 rings (SSSR count). The van der Waals surface area contributed by atoms with Crippen LogP contribution in [0.5, 0.6) is 0 Å². The van der Waals surface area contributed by atoms with Crippen molar-refractivity contribution in [2.45, 2.75) is 32.2 Å². The van der Waals surface area contributed by atoms with Gasteiger partial charge in [0.05, 0.1) is 12.8 Å². The van der Waals surface area contributed by atoms with Crippen LogP contribution < -0.4 is 0 Å². The fourth-order valence-electron chi connectivity index (χ4n) is 1.58. The number of furan rings is 1. The van der Waals surface area contributed by atoms with E-state index in [1.807, 2.05) is 12.1 Å². The SMILES string of the molecule is CN(CCCCCCCl)Cc1ccco1. The highest BCUT2D eigenvalue weighted by Crippen LogP contribution is 2.06. The van der Waals surface area contributed by atoms with E-state index in [9.17, 15) is 0 Å². The van der Waals surface area contributed by atoms with Crippen molar-refractivity contribution in [3.05, 3.63) is 24.2 Å². The molecule has 0 saturated carbocycles. The van der Waals surface area contributed by atoms with Gasteiger partial charge in [0.2, 0.25) is 0 Å². The largest absolute Gasteiger partial charge is 0.468 e. The number of halogens is 1. The van der Waals surface area contributed by atoms with Crippen molar-refractivity contribution in [3.63, 3.8) is 0 Å². The van der Waals surface area contributed by atoms with Crippen LogP contribution in [0.15, 0.2) is 22.8 Å². The maximum atomic E-state index is 5.62. The molecule has 1 aromatic rings. The Hall–Kier alpha value is -0.470. The lowest BCUT2D eigenvalue weighted by molar-refractivity contribution is 0.288. The minimum atomic E-state index is 0.794. The zero-order valence-corrected chi connectivity index (χ0v) is 10.2. The van der Waals surface area contributed by atoms with Gasteiger partial charge >= 0.3 is 0 Å². The smallest absolute Gasteiger partial charge is 0.117 e. The first-order valence-corrected chi connectivity index (χ1v) is 6.13. The van der Waals surface area contributed by atoms with Gasteiger partial charge in [-0.1, -0.05) is 12.8 Å². The zero-order valence-electron chi connectivity index (χ0n) is 9.42. The van der Waals surface area contributed by atoms with Crippen molar-refractivity contribution in [1.82, 2.24) is 4.90 Å². The molecule has 3 heteroatoms. The summed E-state index contributed by atoms with van der Waals surface area (Å²) in [7, 11) is 2.13. The second kappa shape index (κ2) is 7.77. The van der Waals surface area contributed by atoms with Crippen LogP contribution >= 0.6 is 11.6 Å². The van der Waals surface area contributed by atoms with Crippen molar-refractivity contribution >= 4 is 11.6 Å². The van der Waals surface area contributed by atoms with Crippen LogP contribution in [0.25, 0.3) is 0 Å². The number of nitrogens with zero attached hydrogens (tertiary/aromatic N) is 1. The minimum Gasteiger partial charge on any atom is -0.468 e. The second-order valence-electron chi connectivity index (χ2n) is 3.92. The molecule has 0 saturated heterocycles. The number of hydrogen-bond acceptors (Lipinski definition) is 2. The van der Waals surface area contributed by atoms with E-state index >= 15 is 0 Å². The third-order valence-corrected chi connectivity index (χ3v) is 2.70. The summed E-state index contributed by atoms with van der Waals surface area (Å²) in [6, 6.07) is 3.95. The molecule has 0 aliphatic rings. The Bertz CT molecular complexity index is 236. The molecule has 0 aliphatic heterocycles. The average molecular weight is 230 g/mol. The van der Waals surface area contributed by atoms with Gasteiger partial charge in [-0.3, -0.25) is 4.90 Å². The van der Waals surface area contributed by atoms with Gasteiger partial charge in [0.1, 0.15) is 5.76 Å². The Morgan fingerprint density at radius 3 is 2.73 bits per heavy atom. The van der Waals surface area contributed by atoms with Crippen molar-refractivity contribution in [2.24, 2.45) is 0 Å². The molecule has 1 heterocycles. The maximum absolute atomic E-state index is 5.62. The van der Waals surface area contributed by atoms with Gasteiger partial charge in [0.15, 0.2) is 0 Å². The van der Waals surface area contributed by atoms with E-state index in [1.165, 1.54) is 19.3 Å². The Kier molecular flexibility index (Phi) is 6.53. The molecular weight excluding hydrogens is 210 g/mol. The first kappa shape index (κ1) is 12.6. The molecule has 15 heavy (non-hydrogen) atoms. The minimum absolute atomic E-state index is 0.794. The van der Waals surface area contributed by atoms with E-state index in [1.54, 1.807) is 6.26 Å². The molecular formula is C12H20ClNO. The predicted molar refractivity (Wildman–Crippen MR) is 64.2 cm³/mol. The molecule has 0 fully saturated rings. The van der Waals surface area contributed by atoms with Crippen LogP contribution in [0.4, 0.5) is 0 Å². The highest BCUT2D eigenvalue weighted by Gasteiger charge is 2.01. The van der Waals surface area contributed by atoms with E-state index in [0.717, 1.165) is 31.2 Å². The summed E-state index contributed by atoms with van der Waals surface area (Å²) in [5.74, 6) is 1.83. The highest BCUT2D eigenvalue weighted by atomic mass is 35.5. The fourth-order valence-corrected chi connectivity index (χ4v) is 1.77. The van der Waals surface area contributed by atoms with Gasteiger partial charge in [-0.2, -0.15) is 0 Å². The molecule has 86 valence electrons. The lowest BCUT2D eigenvalue weighted by atomic mass is 10.2. The lowest BCUT2D eigenvalue weighted by Crippen LogP contribution is -2.18. The Labute approximate surface area is 97.2 Å². The van der Waals surface area contributed by atoms with Gasteiger partial charge in [-0.25, -0.2) is 0 Å². The van der Waals surface area contributed by atoms with Crippen molar-refractivity contribution in [3.8, 4) is 0 Å². The van der Waals surface area contributed by atoms with E-state index in [0.29, 0.717) is 0 Å². The van der Waals surface area contributed by atoms with E-state index in [-0.39, 0.29) is 0 Å². The first-order chi connectivity index (χ1) is 7.33. The van der Waals surface area contributed by atoms with Gasteiger partial charge in [-0.15, -0.1) is 11.6 Å². The van der Waals surface area contributed by atoms with E-state index < -0.39 is 0 Å². The molecule has 1 aromatic heterocycles. The van der Waals surface area contributed by atoms with E-state index in [2.05, 4.69) is 11.9 Å². The van der Waals surface area contributed by atoms with Gasteiger partial charge < -0.3 is 4.42 Å². The monoisotopic (exact) mass is 229 g/mol. The standard InChI is InChI=1S/C12H20ClNO/c1-14(9-5-3-2-4-8-13)11-12-7-6-10-15-12/h6-7,10H,2-5,8-9,11H2,1H3. The third-order valence-electron chi connectivity index (χ3n) is 2.43. The number of hydrogen-bond donors (Lipinski definition) is 0. The quantitative estimate of drug-likeness (QED) is 0.501. The fraction of sp³-hybridized carbons (Fsp3) is 0.667. The molecule has 2 nitrogen and oxygen atoms in total. The topological polar surface area (TPSA) is 16.4 Å². The summed E-state index contributed by atoms with van der Waals surface area (Å²) in [4.78, 5) is 2.29. The summed E-state index contributed by atoms with van der Waals surface area (Å²) in [6.07, 6.45) is 6.63. The zero-order chi connectivity index (χ0) is 10.9. The van der Waals surface area contributed by atoms with Crippen molar-refractivity contribution in [1.29, 1.82) is 0 Å². The molecule has 0 amide bonds. The summed E-state index contributed by atoms with van der Waals surface area (Å²) in [5, 5.41) is 0. The molecule has 0 N–H and O–H groups in total. The summed E-state index contributed by atoms with van der Waals surface area (Å²) in [5.41, 5.74) is 0.